The first-order valence-corrected chi connectivity index (χ1v) is 12.8. The van der Waals surface area contributed by atoms with Crippen molar-refractivity contribution >= 4 is 17.5 Å². The molecule has 1 aliphatic carbocycles. The standard InChI is InChI=1S/C32H38N2/c1-21-15-23(3)30(24(4)16-21)33-20-34(31-25(5)17-22(2)18-26(31)6)32-28(13-10-14-29(32)33)19-27-11-8-7-9-12-27/h7-9,11-12,15-19,29,32H,10,13-14,20H2,1-6H3. The molecule has 2 fully saturated rings. The van der Waals surface area contributed by atoms with Crippen molar-refractivity contribution in [1.82, 2.24) is 0 Å². The van der Waals surface area contributed by atoms with Gasteiger partial charge in [-0.05, 0) is 94.2 Å². The topological polar surface area (TPSA) is 6.48 Å². The molecule has 0 bridgehead atoms. The van der Waals surface area contributed by atoms with Crippen LogP contribution >= 0.6 is 0 Å². The van der Waals surface area contributed by atoms with Crippen LogP contribution in [0.2, 0.25) is 0 Å². The van der Waals surface area contributed by atoms with E-state index in [1.54, 1.807) is 5.57 Å². The van der Waals surface area contributed by atoms with E-state index in [-0.39, 0.29) is 0 Å². The molecule has 2 nitrogen and oxygen atoms in total. The smallest absolute Gasteiger partial charge is 0.0914 e. The van der Waals surface area contributed by atoms with Crippen molar-refractivity contribution in [3.8, 4) is 0 Å². The van der Waals surface area contributed by atoms with Gasteiger partial charge in [0.2, 0.25) is 0 Å². The van der Waals surface area contributed by atoms with Crippen LogP contribution in [-0.2, 0) is 0 Å². The molecule has 0 spiro atoms. The fourth-order valence-electron chi connectivity index (χ4n) is 6.78. The number of fused-ring (bicyclic) bond motifs is 1. The van der Waals surface area contributed by atoms with Crippen LogP contribution in [0.5, 0.6) is 0 Å². The van der Waals surface area contributed by atoms with Gasteiger partial charge in [0.25, 0.3) is 0 Å². The van der Waals surface area contributed by atoms with Gasteiger partial charge in [-0.15, -0.1) is 0 Å². The van der Waals surface area contributed by atoms with Crippen molar-refractivity contribution in [1.29, 1.82) is 0 Å². The summed E-state index contributed by atoms with van der Waals surface area (Å²) in [6, 6.07) is 21.2. The molecule has 0 radical (unpaired) electrons. The molecular formula is C32H38N2. The van der Waals surface area contributed by atoms with Gasteiger partial charge in [-0.3, -0.25) is 0 Å². The highest BCUT2D eigenvalue weighted by molar-refractivity contribution is 5.71. The van der Waals surface area contributed by atoms with Crippen molar-refractivity contribution in [2.45, 2.75) is 72.9 Å². The van der Waals surface area contributed by atoms with Crippen molar-refractivity contribution in [2.75, 3.05) is 16.5 Å². The number of rotatable bonds is 3. The third kappa shape index (κ3) is 4.04. The van der Waals surface area contributed by atoms with Gasteiger partial charge in [0.15, 0.2) is 0 Å². The van der Waals surface area contributed by atoms with Gasteiger partial charge in [0.05, 0.1) is 18.8 Å². The van der Waals surface area contributed by atoms with E-state index < -0.39 is 0 Å². The first-order valence-electron chi connectivity index (χ1n) is 12.8. The van der Waals surface area contributed by atoms with E-state index in [4.69, 9.17) is 0 Å². The minimum atomic E-state index is 0.397. The molecule has 3 aromatic rings. The van der Waals surface area contributed by atoms with Crippen molar-refractivity contribution in [3.63, 3.8) is 0 Å². The quantitative estimate of drug-likeness (QED) is 0.401. The predicted molar refractivity (Wildman–Crippen MR) is 147 cm³/mol. The fourth-order valence-corrected chi connectivity index (χ4v) is 6.78. The van der Waals surface area contributed by atoms with Crippen molar-refractivity contribution in [2.24, 2.45) is 0 Å². The molecule has 34 heavy (non-hydrogen) atoms. The van der Waals surface area contributed by atoms with Crippen LogP contribution in [0.4, 0.5) is 11.4 Å². The Morgan fingerprint density at radius 2 is 1.24 bits per heavy atom. The Morgan fingerprint density at radius 3 is 1.79 bits per heavy atom. The van der Waals surface area contributed by atoms with Gasteiger partial charge in [-0.2, -0.15) is 0 Å². The Hall–Kier alpha value is -3.00. The Morgan fingerprint density at radius 1 is 0.706 bits per heavy atom. The van der Waals surface area contributed by atoms with Crippen LogP contribution in [0.25, 0.3) is 6.08 Å². The van der Waals surface area contributed by atoms with E-state index in [1.807, 2.05) is 0 Å². The Bertz CT molecular complexity index is 1190. The van der Waals surface area contributed by atoms with Gasteiger partial charge < -0.3 is 9.80 Å². The minimum absolute atomic E-state index is 0.397. The summed E-state index contributed by atoms with van der Waals surface area (Å²) < 4.78 is 0. The molecule has 0 aromatic heterocycles. The Kier molecular flexibility index (Phi) is 6.02. The average molecular weight is 451 g/mol. The highest BCUT2D eigenvalue weighted by atomic mass is 15.4. The van der Waals surface area contributed by atoms with Crippen LogP contribution in [0.15, 0.2) is 60.2 Å². The zero-order valence-electron chi connectivity index (χ0n) is 21.7. The second kappa shape index (κ2) is 8.98. The molecule has 2 heteroatoms. The molecule has 3 aromatic carbocycles. The van der Waals surface area contributed by atoms with E-state index in [9.17, 15) is 0 Å². The summed E-state index contributed by atoms with van der Waals surface area (Å²) in [4.78, 5) is 5.45. The van der Waals surface area contributed by atoms with Gasteiger partial charge in [0, 0.05) is 11.4 Å². The number of hydrogen-bond donors (Lipinski definition) is 0. The molecule has 1 saturated heterocycles. The van der Waals surface area contributed by atoms with Crippen LogP contribution in [0, 0.1) is 41.5 Å². The molecule has 1 heterocycles. The average Bonchev–Trinajstić information content (AvgIpc) is 3.13. The molecule has 5 rings (SSSR count). The van der Waals surface area contributed by atoms with Gasteiger partial charge in [-0.25, -0.2) is 0 Å². The van der Waals surface area contributed by atoms with E-state index in [2.05, 4.69) is 112 Å². The lowest BCUT2D eigenvalue weighted by molar-refractivity contribution is 0.490. The minimum Gasteiger partial charge on any atom is -0.348 e. The molecule has 2 unspecified atom stereocenters. The van der Waals surface area contributed by atoms with Crippen molar-refractivity contribution < 1.29 is 0 Å². The SMILES string of the molecule is Cc1cc(C)c(N2CN(c3c(C)cc(C)cc3C)C3C(=Cc4ccccc4)CCCC32)c(C)c1. The van der Waals surface area contributed by atoms with Crippen LogP contribution in [-0.4, -0.2) is 18.8 Å². The molecule has 2 atom stereocenters. The fraction of sp³-hybridized carbons (Fsp3) is 0.375. The highest BCUT2D eigenvalue weighted by Crippen LogP contribution is 2.45. The normalized spacial score (nSPS) is 21.3. The summed E-state index contributed by atoms with van der Waals surface area (Å²) in [6.45, 7) is 14.5. The molecular weight excluding hydrogens is 412 g/mol. The van der Waals surface area contributed by atoms with Crippen molar-refractivity contribution in [3.05, 3.63) is 99.1 Å². The monoisotopic (exact) mass is 450 g/mol. The Balaban J connectivity index is 1.67. The molecule has 0 N–H and O–H groups in total. The maximum atomic E-state index is 2.73. The second-order valence-corrected chi connectivity index (χ2v) is 10.6. The summed E-state index contributed by atoms with van der Waals surface area (Å²) in [7, 11) is 0. The Labute approximate surface area is 205 Å². The molecule has 176 valence electrons. The second-order valence-electron chi connectivity index (χ2n) is 10.6. The number of nitrogens with zero attached hydrogens (tertiary/aromatic N) is 2. The molecule has 0 amide bonds. The number of hydrogen-bond acceptors (Lipinski definition) is 2. The lowest BCUT2D eigenvalue weighted by Crippen LogP contribution is -2.42. The van der Waals surface area contributed by atoms with Crippen LogP contribution in [0.3, 0.4) is 0 Å². The molecule has 1 aliphatic heterocycles. The largest absolute Gasteiger partial charge is 0.348 e. The van der Waals surface area contributed by atoms with Crippen LogP contribution in [0.1, 0.15) is 58.2 Å². The van der Waals surface area contributed by atoms with Crippen LogP contribution < -0.4 is 9.80 Å². The first-order chi connectivity index (χ1) is 16.3. The maximum absolute atomic E-state index is 2.73. The molecule has 1 saturated carbocycles. The summed E-state index contributed by atoms with van der Waals surface area (Å²) in [5.74, 6) is 0. The summed E-state index contributed by atoms with van der Waals surface area (Å²) in [5.41, 5.74) is 14.0. The summed E-state index contributed by atoms with van der Waals surface area (Å²) >= 11 is 0. The first kappa shape index (κ1) is 22.8. The number of benzene rings is 3. The third-order valence-electron chi connectivity index (χ3n) is 7.75. The van der Waals surface area contributed by atoms with Gasteiger partial charge in [0.1, 0.15) is 0 Å². The van der Waals surface area contributed by atoms with E-state index in [1.165, 1.54) is 69.6 Å². The lowest BCUT2D eigenvalue weighted by Gasteiger charge is -2.37. The predicted octanol–water partition coefficient (Wildman–Crippen LogP) is 7.83. The summed E-state index contributed by atoms with van der Waals surface area (Å²) in [5, 5.41) is 0. The zero-order chi connectivity index (χ0) is 24.0. The third-order valence-corrected chi connectivity index (χ3v) is 7.75. The highest BCUT2D eigenvalue weighted by Gasteiger charge is 2.45. The zero-order valence-corrected chi connectivity index (χ0v) is 21.7. The molecule has 2 aliphatic rings. The summed E-state index contributed by atoms with van der Waals surface area (Å²) in [6.07, 6.45) is 6.14. The number of anilines is 2. The van der Waals surface area contributed by atoms with E-state index in [0.29, 0.717) is 12.1 Å². The van der Waals surface area contributed by atoms with E-state index >= 15 is 0 Å². The maximum Gasteiger partial charge on any atom is 0.0914 e. The van der Waals surface area contributed by atoms with Gasteiger partial charge in [-0.1, -0.05) is 71.8 Å². The number of aryl methyl sites for hydroxylation is 6. The van der Waals surface area contributed by atoms with Gasteiger partial charge >= 0.3 is 0 Å². The lowest BCUT2D eigenvalue weighted by atomic mass is 9.83. The van der Waals surface area contributed by atoms with E-state index in [0.717, 1.165) is 6.67 Å².